The highest BCUT2D eigenvalue weighted by atomic mass is 15.1. The third-order valence-corrected chi connectivity index (χ3v) is 10.7. The van der Waals surface area contributed by atoms with Crippen LogP contribution >= 0.6 is 0 Å². The Hall–Kier alpha value is -6.44. The zero-order chi connectivity index (χ0) is 35.1. The molecule has 0 fully saturated rings. The van der Waals surface area contributed by atoms with Gasteiger partial charge in [-0.05, 0) is 97.6 Å². The molecule has 1 aliphatic rings. The van der Waals surface area contributed by atoms with Crippen LogP contribution in [0.1, 0.15) is 25.0 Å². The highest BCUT2D eigenvalue weighted by Gasteiger charge is 2.39. The predicted molar refractivity (Wildman–Crippen MR) is 220 cm³/mol. The third kappa shape index (κ3) is 5.52. The minimum Gasteiger partial charge on any atom is -0.310 e. The highest BCUT2D eigenvalue weighted by molar-refractivity contribution is 5.98. The topological polar surface area (TPSA) is 3.24 Å². The summed E-state index contributed by atoms with van der Waals surface area (Å²) in [6.07, 6.45) is 0. The first-order valence-corrected chi connectivity index (χ1v) is 18.1. The number of benzene rings is 8. The lowest BCUT2D eigenvalue weighted by atomic mass is 9.77. The van der Waals surface area contributed by atoms with Gasteiger partial charge in [-0.2, -0.15) is 0 Å². The molecule has 0 heterocycles. The Morgan fingerprint density at radius 3 is 1.21 bits per heavy atom. The first-order valence-electron chi connectivity index (χ1n) is 18.1. The van der Waals surface area contributed by atoms with Crippen LogP contribution in [0.25, 0.3) is 55.6 Å². The molecule has 0 unspecified atom stereocenters. The lowest BCUT2D eigenvalue weighted by Gasteiger charge is -2.32. The molecule has 248 valence electrons. The zero-order valence-corrected chi connectivity index (χ0v) is 29.5. The van der Waals surface area contributed by atoms with E-state index in [0.717, 1.165) is 17.1 Å². The molecular weight excluding hydrogens is 627 g/mol. The molecule has 0 spiro atoms. The smallest absolute Gasteiger partial charge is 0.0543 e. The first kappa shape index (κ1) is 31.5. The molecule has 9 rings (SSSR count). The van der Waals surface area contributed by atoms with Crippen LogP contribution < -0.4 is 4.90 Å². The van der Waals surface area contributed by atoms with Gasteiger partial charge in [0.15, 0.2) is 0 Å². The molecule has 0 bridgehead atoms. The van der Waals surface area contributed by atoms with Crippen molar-refractivity contribution < 1.29 is 0 Å². The summed E-state index contributed by atoms with van der Waals surface area (Å²) in [6.45, 7) is 4.80. The fourth-order valence-electron chi connectivity index (χ4n) is 8.08. The summed E-state index contributed by atoms with van der Waals surface area (Å²) in [6, 6.07) is 72.7. The Kier molecular flexibility index (Phi) is 7.90. The van der Waals surface area contributed by atoms with E-state index in [1.807, 2.05) is 0 Å². The minimum atomic E-state index is -0.239. The molecule has 1 aliphatic carbocycles. The van der Waals surface area contributed by atoms with Gasteiger partial charge in [0.1, 0.15) is 0 Å². The highest BCUT2D eigenvalue weighted by Crippen LogP contribution is 2.56. The number of anilines is 3. The standard InChI is InChI=1S/C51H39N/c1-51(2)47-35-42(38-19-11-5-12-20-38)27-32-45(47)46-33-34-48(49(50(46)51)41-21-13-6-14-22-41)52(43-28-23-39(24-29-43)36-15-7-3-8-16-36)44-30-25-40(26-31-44)37-17-9-4-10-18-37/h3-35H,1-2H3. The number of hydrogen-bond donors (Lipinski definition) is 0. The van der Waals surface area contributed by atoms with Gasteiger partial charge < -0.3 is 4.90 Å². The minimum absolute atomic E-state index is 0.239. The number of fused-ring (bicyclic) bond motifs is 3. The van der Waals surface area contributed by atoms with Crippen molar-refractivity contribution in [3.05, 3.63) is 211 Å². The summed E-state index contributed by atoms with van der Waals surface area (Å²) in [5.41, 5.74) is 18.3. The van der Waals surface area contributed by atoms with Crippen molar-refractivity contribution >= 4 is 17.1 Å². The van der Waals surface area contributed by atoms with Crippen LogP contribution in [0.3, 0.4) is 0 Å². The van der Waals surface area contributed by atoms with Crippen molar-refractivity contribution in [3.8, 4) is 55.6 Å². The number of nitrogens with zero attached hydrogens (tertiary/aromatic N) is 1. The fourth-order valence-corrected chi connectivity index (χ4v) is 8.08. The lowest BCUT2D eigenvalue weighted by molar-refractivity contribution is 0.662. The monoisotopic (exact) mass is 665 g/mol. The van der Waals surface area contributed by atoms with E-state index in [4.69, 9.17) is 0 Å². The Balaban J connectivity index is 1.25. The molecule has 8 aromatic carbocycles. The Morgan fingerprint density at radius 1 is 0.346 bits per heavy atom. The van der Waals surface area contributed by atoms with Gasteiger partial charge in [0, 0.05) is 22.4 Å². The van der Waals surface area contributed by atoms with E-state index in [-0.39, 0.29) is 5.41 Å². The molecule has 1 heteroatoms. The van der Waals surface area contributed by atoms with Crippen LogP contribution in [0.4, 0.5) is 17.1 Å². The van der Waals surface area contributed by atoms with Gasteiger partial charge in [-0.15, -0.1) is 0 Å². The second kappa shape index (κ2) is 13.0. The van der Waals surface area contributed by atoms with Crippen molar-refractivity contribution in [3.63, 3.8) is 0 Å². The van der Waals surface area contributed by atoms with Crippen LogP contribution in [0, 0.1) is 0 Å². The van der Waals surface area contributed by atoms with E-state index in [9.17, 15) is 0 Å². The van der Waals surface area contributed by atoms with Crippen molar-refractivity contribution in [2.24, 2.45) is 0 Å². The average Bonchev–Trinajstić information content (AvgIpc) is 3.45. The summed E-state index contributed by atoms with van der Waals surface area (Å²) in [5, 5.41) is 0. The van der Waals surface area contributed by atoms with Gasteiger partial charge in [-0.25, -0.2) is 0 Å². The van der Waals surface area contributed by atoms with Crippen LogP contribution in [0.2, 0.25) is 0 Å². The van der Waals surface area contributed by atoms with Crippen molar-refractivity contribution in [2.75, 3.05) is 4.90 Å². The van der Waals surface area contributed by atoms with Crippen molar-refractivity contribution in [1.29, 1.82) is 0 Å². The second-order valence-electron chi connectivity index (χ2n) is 14.2. The van der Waals surface area contributed by atoms with Crippen LogP contribution in [-0.4, -0.2) is 0 Å². The van der Waals surface area contributed by atoms with E-state index in [2.05, 4.69) is 219 Å². The molecule has 0 N–H and O–H groups in total. The molecule has 0 saturated carbocycles. The van der Waals surface area contributed by atoms with Gasteiger partial charge in [-0.3, -0.25) is 0 Å². The summed E-state index contributed by atoms with van der Waals surface area (Å²) in [7, 11) is 0. The van der Waals surface area contributed by atoms with Crippen LogP contribution in [-0.2, 0) is 5.41 Å². The molecular formula is C51H39N. The molecule has 0 saturated heterocycles. The largest absolute Gasteiger partial charge is 0.310 e. The van der Waals surface area contributed by atoms with Gasteiger partial charge in [0.2, 0.25) is 0 Å². The van der Waals surface area contributed by atoms with Gasteiger partial charge in [-0.1, -0.05) is 178 Å². The van der Waals surface area contributed by atoms with Crippen molar-refractivity contribution in [2.45, 2.75) is 19.3 Å². The average molecular weight is 666 g/mol. The maximum absolute atomic E-state index is 2.45. The number of hydrogen-bond acceptors (Lipinski definition) is 1. The fraction of sp³-hybridized carbons (Fsp3) is 0.0588. The SMILES string of the molecule is CC1(C)c2cc(-c3ccccc3)ccc2-c2ccc(N(c3ccc(-c4ccccc4)cc3)c3ccc(-c4ccccc4)cc3)c(-c3ccccc3)c21. The summed E-state index contributed by atoms with van der Waals surface area (Å²) >= 11 is 0. The number of rotatable bonds is 7. The lowest BCUT2D eigenvalue weighted by Crippen LogP contribution is -2.19. The van der Waals surface area contributed by atoms with E-state index in [1.165, 1.54) is 66.8 Å². The summed E-state index contributed by atoms with van der Waals surface area (Å²) in [4.78, 5) is 2.45. The molecule has 1 nitrogen and oxygen atoms in total. The Morgan fingerprint density at radius 2 is 0.731 bits per heavy atom. The zero-order valence-electron chi connectivity index (χ0n) is 29.5. The molecule has 0 radical (unpaired) electrons. The Bertz CT molecular complexity index is 2400. The molecule has 0 amide bonds. The van der Waals surface area contributed by atoms with Gasteiger partial charge in [0.25, 0.3) is 0 Å². The van der Waals surface area contributed by atoms with Crippen LogP contribution in [0.5, 0.6) is 0 Å². The van der Waals surface area contributed by atoms with Gasteiger partial charge in [0.05, 0.1) is 5.69 Å². The quantitative estimate of drug-likeness (QED) is 0.164. The molecule has 8 aromatic rings. The van der Waals surface area contributed by atoms with Gasteiger partial charge >= 0.3 is 0 Å². The predicted octanol–water partition coefficient (Wildman–Crippen LogP) is 14.1. The van der Waals surface area contributed by atoms with E-state index >= 15 is 0 Å². The van der Waals surface area contributed by atoms with E-state index in [0.29, 0.717) is 0 Å². The summed E-state index contributed by atoms with van der Waals surface area (Å²) in [5.74, 6) is 0. The maximum Gasteiger partial charge on any atom is 0.0543 e. The van der Waals surface area contributed by atoms with Crippen LogP contribution in [0.15, 0.2) is 200 Å². The third-order valence-electron chi connectivity index (χ3n) is 10.7. The Labute approximate surface area is 307 Å². The first-order chi connectivity index (χ1) is 25.6. The normalized spacial score (nSPS) is 12.6. The van der Waals surface area contributed by atoms with E-state index in [1.54, 1.807) is 0 Å². The van der Waals surface area contributed by atoms with Crippen molar-refractivity contribution in [1.82, 2.24) is 0 Å². The second-order valence-corrected chi connectivity index (χ2v) is 14.2. The van der Waals surface area contributed by atoms with E-state index < -0.39 is 0 Å². The summed E-state index contributed by atoms with van der Waals surface area (Å²) < 4.78 is 0. The molecule has 52 heavy (non-hydrogen) atoms. The maximum atomic E-state index is 2.45. The molecule has 0 atom stereocenters. The molecule has 0 aliphatic heterocycles. The molecule has 0 aromatic heterocycles.